The van der Waals surface area contributed by atoms with E-state index in [0.29, 0.717) is 5.02 Å². The first-order chi connectivity index (χ1) is 13.2. The standard InChI is InChI=1S/C20H26ClN5O/c21-20-13-22-26(16-20)17-25-7-5-23(6-8-25)14-18-1-3-19(4-2-18)15-24-9-11-27-12-10-24/h1-4,13,16H,5-12,14-15H2. The fraction of sp³-hybridized carbons (Fsp3) is 0.500. The highest BCUT2D eigenvalue weighted by Gasteiger charge is 2.18. The lowest BCUT2D eigenvalue weighted by Gasteiger charge is -2.33. The van der Waals surface area contributed by atoms with Crippen molar-refractivity contribution in [3.63, 3.8) is 0 Å². The van der Waals surface area contributed by atoms with Crippen molar-refractivity contribution in [3.8, 4) is 0 Å². The molecule has 1 aromatic heterocycles. The van der Waals surface area contributed by atoms with Crippen molar-refractivity contribution >= 4 is 11.6 Å². The second-order valence-corrected chi connectivity index (χ2v) is 7.61. The van der Waals surface area contributed by atoms with Crippen LogP contribution < -0.4 is 0 Å². The molecule has 0 amide bonds. The topological polar surface area (TPSA) is 36.8 Å². The van der Waals surface area contributed by atoms with Crippen LogP contribution >= 0.6 is 11.6 Å². The molecule has 0 saturated carbocycles. The van der Waals surface area contributed by atoms with Crippen LogP contribution in [0.2, 0.25) is 5.02 Å². The first-order valence-electron chi connectivity index (χ1n) is 9.57. The van der Waals surface area contributed by atoms with Crippen molar-refractivity contribution in [2.75, 3.05) is 52.5 Å². The van der Waals surface area contributed by atoms with Gasteiger partial charge < -0.3 is 4.74 Å². The Morgan fingerprint density at radius 2 is 1.48 bits per heavy atom. The van der Waals surface area contributed by atoms with E-state index in [4.69, 9.17) is 16.3 Å². The number of nitrogens with zero attached hydrogens (tertiary/aromatic N) is 5. The summed E-state index contributed by atoms with van der Waals surface area (Å²) in [6, 6.07) is 9.08. The summed E-state index contributed by atoms with van der Waals surface area (Å²) in [7, 11) is 0. The van der Waals surface area contributed by atoms with Gasteiger partial charge in [0.2, 0.25) is 6.67 Å². The van der Waals surface area contributed by atoms with Gasteiger partial charge in [0.05, 0.1) is 24.4 Å². The van der Waals surface area contributed by atoms with E-state index in [2.05, 4.69) is 50.7 Å². The van der Waals surface area contributed by atoms with E-state index in [1.54, 1.807) is 17.1 Å². The lowest BCUT2D eigenvalue weighted by molar-refractivity contribution is 0.0342. The fourth-order valence-electron chi connectivity index (χ4n) is 3.53. The van der Waals surface area contributed by atoms with Gasteiger partial charge in [-0.2, -0.15) is 5.10 Å². The molecule has 0 N–H and O–H groups in total. The molecule has 7 heteroatoms. The summed E-state index contributed by atoms with van der Waals surface area (Å²) in [5, 5.41) is 4.79. The maximum absolute atomic E-state index is 5.90. The van der Waals surface area contributed by atoms with Crippen LogP contribution in [0.5, 0.6) is 0 Å². The van der Waals surface area contributed by atoms with Crippen LogP contribution in [-0.4, -0.2) is 77.0 Å². The third-order valence-corrected chi connectivity index (χ3v) is 5.30. The first kappa shape index (κ1) is 18.9. The summed E-state index contributed by atoms with van der Waals surface area (Å²) in [6.45, 7) is 13.0. The van der Waals surface area contributed by atoms with Crippen molar-refractivity contribution in [2.45, 2.75) is 13.1 Å². The Morgan fingerprint density at radius 3 is 2.04 bits per heavy atom. The minimum Gasteiger partial charge on any atom is -0.379 e. The van der Waals surface area contributed by atoms with Crippen LogP contribution in [-0.2, 0) is 17.8 Å². The molecule has 3 heterocycles. The summed E-state index contributed by atoms with van der Waals surface area (Å²) in [6.07, 6.45) is 3.40. The van der Waals surface area contributed by atoms with E-state index >= 15 is 0 Å². The second-order valence-electron chi connectivity index (χ2n) is 7.17. The summed E-state index contributed by atoms with van der Waals surface area (Å²) >= 11 is 5.90. The van der Waals surface area contributed by atoms with Crippen LogP contribution in [0.15, 0.2) is 36.7 Å². The zero-order valence-corrected chi connectivity index (χ0v) is 16.3. The van der Waals surface area contributed by atoms with Gasteiger partial charge in [-0.25, -0.2) is 4.68 Å². The van der Waals surface area contributed by atoms with E-state index in [-0.39, 0.29) is 0 Å². The molecule has 2 aliphatic rings. The number of halogens is 1. The van der Waals surface area contributed by atoms with Gasteiger partial charge in [-0.1, -0.05) is 35.9 Å². The molecule has 0 bridgehead atoms. The number of benzene rings is 1. The van der Waals surface area contributed by atoms with Gasteiger partial charge >= 0.3 is 0 Å². The van der Waals surface area contributed by atoms with Crippen LogP contribution in [0.3, 0.4) is 0 Å². The van der Waals surface area contributed by atoms with Gasteiger partial charge in [-0.15, -0.1) is 0 Å². The number of hydrogen-bond acceptors (Lipinski definition) is 5. The number of aromatic nitrogens is 2. The van der Waals surface area contributed by atoms with E-state index in [1.807, 2.05) is 0 Å². The molecule has 0 aliphatic carbocycles. The molecule has 2 saturated heterocycles. The number of rotatable bonds is 6. The molecule has 0 atom stereocenters. The Morgan fingerprint density at radius 1 is 0.889 bits per heavy atom. The average Bonchev–Trinajstić information content (AvgIpc) is 3.10. The van der Waals surface area contributed by atoms with E-state index in [0.717, 1.165) is 65.6 Å². The minimum atomic E-state index is 0.637. The largest absolute Gasteiger partial charge is 0.379 e. The second kappa shape index (κ2) is 9.17. The molecule has 0 spiro atoms. The lowest BCUT2D eigenvalue weighted by Crippen LogP contribution is -2.45. The number of piperazine rings is 1. The monoisotopic (exact) mass is 387 g/mol. The van der Waals surface area contributed by atoms with E-state index < -0.39 is 0 Å². The summed E-state index contributed by atoms with van der Waals surface area (Å²) < 4.78 is 7.08. The Hall–Kier alpha value is -1.44. The molecule has 6 nitrogen and oxygen atoms in total. The highest BCUT2D eigenvalue weighted by atomic mass is 35.5. The van der Waals surface area contributed by atoms with Crippen LogP contribution in [0.1, 0.15) is 11.1 Å². The molecule has 2 aliphatic heterocycles. The van der Waals surface area contributed by atoms with Crippen molar-refractivity contribution in [1.82, 2.24) is 24.5 Å². The zero-order valence-electron chi connectivity index (χ0n) is 15.6. The van der Waals surface area contributed by atoms with Gasteiger partial charge in [-0.05, 0) is 11.1 Å². The lowest BCUT2D eigenvalue weighted by atomic mass is 10.1. The fourth-order valence-corrected chi connectivity index (χ4v) is 3.67. The van der Waals surface area contributed by atoms with Crippen LogP contribution in [0.25, 0.3) is 0 Å². The summed E-state index contributed by atoms with van der Waals surface area (Å²) in [5.41, 5.74) is 2.76. The zero-order chi connectivity index (χ0) is 18.5. The normalized spacial score (nSPS) is 20.2. The quantitative estimate of drug-likeness (QED) is 0.758. The molecular formula is C20H26ClN5O. The molecule has 144 valence electrons. The van der Waals surface area contributed by atoms with E-state index in [9.17, 15) is 0 Å². The van der Waals surface area contributed by atoms with Crippen molar-refractivity contribution < 1.29 is 4.74 Å². The first-order valence-corrected chi connectivity index (χ1v) is 9.94. The van der Waals surface area contributed by atoms with Gasteiger partial charge in [0.25, 0.3) is 0 Å². The van der Waals surface area contributed by atoms with Crippen molar-refractivity contribution in [2.24, 2.45) is 0 Å². The average molecular weight is 388 g/mol. The molecule has 0 unspecified atom stereocenters. The third-order valence-electron chi connectivity index (χ3n) is 5.11. The predicted molar refractivity (Wildman–Crippen MR) is 105 cm³/mol. The number of hydrogen-bond donors (Lipinski definition) is 0. The predicted octanol–water partition coefficient (Wildman–Crippen LogP) is 2.03. The molecular weight excluding hydrogens is 362 g/mol. The molecule has 2 aromatic rings. The van der Waals surface area contributed by atoms with Gasteiger partial charge in [0, 0.05) is 58.6 Å². The Labute approximate surface area is 166 Å². The summed E-state index contributed by atoms with van der Waals surface area (Å²) in [4.78, 5) is 7.12. The Kier molecular flexibility index (Phi) is 6.42. The number of ether oxygens (including phenoxy) is 1. The van der Waals surface area contributed by atoms with Crippen LogP contribution in [0.4, 0.5) is 0 Å². The van der Waals surface area contributed by atoms with Gasteiger partial charge in [0.1, 0.15) is 0 Å². The van der Waals surface area contributed by atoms with E-state index in [1.165, 1.54) is 11.1 Å². The molecule has 27 heavy (non-hydrogen) atoms. The minimum absolute atomic E-state index is 0.637. The molecule has 2 fully saturated rings. The molecule has 2 radical (unpaired) electrons. The maximum Gasteiger partial charge on any atom is 0.200 e. The smallest absolute Gasteiger partial charge is 0.200 e. The maximum atomic E-state index is 5.90. The summed E-state index contributed by atoms with van der Waals surface area (Å²) in [5.74, 6) is 0. The Balaban J connectivity index is 1.21. The molecule has 4 rings (SSSR count). The van der Waals surface area contributed by atoms with Gasteiger partial charge in [0.15, 0.2) is 0 Å². The highest BCUT2D eigenvalue weighted by Crippen LogP contribution is 2.14. The third kappa shape index (κ3) is 5.53. The Bertz CT molecular complexity index is 705. The van der Waals surface area contributed by atoms with Crippen molar-refractivity contribution in [1.29, 1.82) is 0 Å². The highest BCUT2D eigenvalue weighted by molar-refractivity contribution is 6.30. The van der Waals surface area contributed by atoms with Gasteiger partial charge in [-0.3, -0.25) is 14.7 Å². The molecule has 1 aromatic carbocycles. The van der Waals surface area contributed by atoms with Crippen LogP contribution in [0, 0.1) is 6.67 Å². The SMILES string of the molecule is Clc1cnn([C]N2CCN(Cc3ccc(CN4CCOCC4)cc3)CC2)c1. The number of morpholine rings is 1. The van der Waals surface area contributed by atoms with Crippen molar-refractivity contribution in [3.05, 3.63) is 59.5 Å².